The summed E-state index contributed by atoms with van der Waals surface area (Å²) in [5, 5.41) is 0. The third kappa shape index (κ3) is 4.84. The van der Waals surface area contributed by atoms with Gasteiger partial charge in [-0.05, 0) is 66.1 Å². The van der Waals surface area contributed by atoms with E-state index in [-0.39, 0.29) is 18.6 Å². The van der Waals surface area contributed by atoms with Crippen molar-refractivity contribution in [2.24, 2.45) is 0 Å². The van der Waals surface area contributed by atoms with Crippen molar-refractivity contribution in [1.82, 2.24) is 4.90 Å². The molecule has 0 N–H and O–H groups in total. The Morgan fingerprint density at radius 1 is 0.806 bits per heavy atom. The molecule has 0 spiro atoms. The first kappa shape index (κ1) is 25.0. The number of fused-ring (bicyclic) bond motifs is 1. The van der Waals surface area contributed by atoms with Crippen LogP contribution in [0.5, 0.6) is 34.5 Å². The highest BCUT2D eigenvalue weighted by molar-refractivity contribution is 5.98. The van der Waals surface area contributed by atoms with E-state index in [4.69, 9.17) is 28.4 Å². The van der Waals surface area contributed by atoms with E-state index in [0.29, 0.717) is 47.3 Å². The first-order valence-electron chi connectivity index (χ1n) is 11.6. The molecule has 1 aliphatic rings. The molecule has 8 nitrogen and oxygen atoms in total. The largest absolute Gasteiger partial charge is 0.497 e. The topological polar surface area (TPSA) is 75.7 Å². The molecule has 3 aromatic carbocycles. The molecule has 1 aliphatic heterocycles. The minimum absolute atomic E-state index is 0.172. The van der Waals surface area contributed by atoms with Crippen LogP contribution in [-0.4, -0.2) is 59.5 Å². The second-order valence-electron chi connectivity index (χ2n) is 8.20. The number of nitrogens with zero attached hydrogens (tertiary/aromatic N) is 1. The molecule has 1 atom stereocenters. The van der Waals surface area contributed by atoms with Crippen molar-refractivity contribution in [2.75, 3.05) is 48.7 Å². The molecule has 3 aromatic rings. The van der Waals surface area contributed by atoms with Gasteiger partial charge in [-0.15, -0.1) is 0 Å². The van der Waals surface area contributed by atoms with E-state index in [0.717, 1.165) is 16.9 Å². The van der Waals surface area contributed by atoms with Gasteiger partial charge in [0.2, 0.25) is 0 Å². The normalized spacial score (nSPS) is 14.5. The Labute approximate surface area is 211 Å². The van der Waals surface area contributed by atoms with Crippen LogP contribution in [0.15, 0.2) is 54.6 Å². The number of benzene rings is 3. The van der Waals surface area contributed by atoms with Crippen molar-refractivity contribution < 1.29 is 33.2 Å². The van der Waals surface area contributed by atoms with E-state index >= 15 is 0 Å². The standard InChI is InChI=1S/C28H31NO7/c1-31-19-9-11-20(12-10-19)36-17-23-22-16-26(34-4)25(33-3)15-18(22)13-14-29(23)28(30)21-7-6-8-24(32-2)27(21)35-5/h6-12,15-16,23H,13-14,17H2,1-5H3. The van der Waals surface area contributed by atoms with E-state index in [9.17, 15) is 4.79 Å². The van der Waals surface area contributed by atoms with Crippen LogP contribution >= 0.6 is 0 Å². The summed E-state index contributed by atoms with van der Waals surface area (Å²) in [7, 11) is 7.91. The van der Waals surface area contributed by atoms with Crippen molar-refractivity contribution in [3.63, 3.8) is 0 Å². The molecule has 1 heterocycles. The fourth-order valence-corrected chi connectivity index (χ4v) is 4.51. The van der Waals surface area contributed by atoms with Crippen LogP contribution in [-0.2, 0) is 6.42 Å². The molecular formula is C28H31NO7. The average molecular weight is 494 g/mol. The lowest BCUT2D eigenvalue weighted by molar-refractivity contribution is 0.0585. The highest BCUT2D eigenvalue weighted by atomic mass is 16.5. The van der Waals surface area contributed by atoms with Crippen LogP contribution in [0.3, 0.4) is 0 Å². The van der Waals surface area contributed by atoms with Gasteiger partial charge < -0.3 is 33.3 Å². The molecule has 190 valence electrons. The summed E-state index contributed by atoms with van der Waals surface area (Å²) >= 11 is 0. The Kier molecular flexibility index (Phi) is 7.73. The summed E-state index contributed by atoms with van der Waals surface area (Å²) in [5.41, 5.74) is 2.45. The van der Waals surface area contributed by atoms with Gasteiger partial charge in [-0.2, -0.15) is 0 Å². The zero-order chi connectivity index (χ0) is 25.7. The Balaban J connectivity index is 1.73. The third-order valence-electron chi connectivity index (χ3n) is 6.36. The Bertz CT molecular complexity index is 1210. The smallest absolute Gasteiger partial charge is 0.258 e. The van der Waals surface area contributed by atoms with Crippen molar-refractivity contribution in [3.8, 4) is 34.5 Å². The maximum Gasteiger partial charge on any atom is 0.258 e. The fourth-order valence-electron chi connectivity index (χ4n) is 4.51. The number of hydrogen-bond donors (Lipinski definition) is 0. The van der Waals surface area contributed by atoms with Gasteiger partial charge in [-0.3, -0.25) is 4.79 Å². The molecule has 0 aromatic heterocycles. The average Bonchev–Trinajstić information content (AvgIpc) is 2.94. The molecule has 4 rings (SSSR count). The van der Waals surface area contributed by atoms with Gasteiger partial charge in [0, 0.05) is 6.54 Å². The van der Waals surface area contributed by atoms with Gasteiger partial charge in [-0.25, -0.2) is 0 Å². The van der Waals surface area contributed by atoms with Crippen LogP contribution in [0.1, 0.15) is 27.5 Å². The van der Waals surface area contributed by atoms with Gasteiger partial charge in [0.1, 0.15) is 18.1 Å². The van der Waals surface area contributed by atoms with E-state index in [1.54, 1.807) is 46.6 Å². The Morgan fingerprint density at radius 3 is 2.11 bits per heavy atom. The minimum atomic E-state index is -0.376. The minimum Gasteiger partial charge on any atom is -0.497 e. The summed E-state index contributed by atoms with van der Waals surface area (Å²) < 4.78 is 33.5. The maximum absolute atomic E-state index is 13.9. The molecule has 0 saturated heterocycles. The molecule has 0 aliphatic carbocycles. The number of rotatable bonds is 9. The number of carbonyl (C=O) groups excluding carboxylic acids is 1. The summed E-state index contributed by atoms with van der Waals surface area (Å²) in [6.45, 7) is 0.741. The second kappa shape index (κ2) is 11.1. The Morgan fingerprint density at radius 2 is 1.47 bits per heavy atom. The van der Waals surface area contributed by atoms with Gasteiger partial charge in [0.05, 0.1) is 47.2 Å². The van der Waals surface area contributed by atoms with Crippen LogP contribution in [0.25, 0.3) is 0 Å². The first-order chi connectivity index (χ1) is 17.5. The third-order valence-corrected chi connectivity index (χ3v) is 6.36. The molecule has 0 bridgehead atoms. The van der Waals surface area contributed by atoms with Crippen molar-refractivity contribution >= 4 is 5.91 Å². The lowest BCUT2D eigenvalue weighted by Crippen LogP contribution is -2.42. The highest BCUT2D eigenvalue weighted by Gasteiger charge is 2.35. The van der Waals surface area contributed by atoms with E-state index in [2.05, 4.69) is 0 Å². The molecule has 1 unspecified atom stereocenters. The predicted octanol–water partition coefficient (Wildman–Crippen LogP) is 4.55. The predicted molar refractivity (Wildman–Crippen MR) is 135 cm³/mol. The summed E-state index contributed by atoms with van der Waals surface area (Å²) in [5.74, 6) is 3.39. The number of amides is 1. The van der Waals surface area contributed by atoms with Crippen molar-refractivity contribution in [3.05, 3.63) is 71.3 Å². The molecule has 0 fully saturated rings. The lowest BCUT2D eigenvalue weighted by atomic mass is 9.91. The number of ether oxygens (including phenoxy) is 6. The quantitative estimate of drug-likeness (QED) is 0.433. The maximum atomic E-state index is 13.9. The second-order valence-corrected chi connectivity index (χ2v) is 8.20. The zero-order valence-electron chi connectivity index (χ0n) is 21.2. The number of carbonyl (C=O) groups is 1. The van der Waals surface area contributed by atoms with Crippen LogP contribution < -0.4 is 28.4 Å². The zero-order valence-corrected chi connectivity index (χ0v) is 21.2. The van der Waals surface area contributed by atoms with Gasteiger partial charge >= 0.3 is 0 Å². The van der Waals surface area contributed by atoms with Gasteiger partial charge in [-0.1, -0.05) is 6.07 Å². The molecule has 8 heteroatoms. The SMILES string of the molecule is COc1ccc(OCC2c3cc(OC)c(OC)cc3CCN2C(=O)c2cccc(OC)c2OC)cc1. The molecule has 1 amide bonds. The van der Waals surface area contributed by atoms with Gasteiger partial charge in [0.25, 0.3) is 5.91 Å². The number of methoxy groups -OCH3 is 5. The van der Waals surface area contributed by atoms with Crippen LogP contribution in [0.2, 0.25) is 0 Å². The molecule has 0 saturated carbocycles. The van der Waals surface area contributed by atoms with Crippen LogP contribution in [0, 0.1) is 0 Å². The number of hydrogen-bond acceptors (Lipinski definition) is 7. The molecular weight excluding hydrogens is 462 g/mol. The molecule has 0 radical (unpaired) electrons. The van der Waals surface area contributed by atoms with Crippen molar-refractivity contribution in [2.45, 2.75) is 12.5 Å². The lowest BCUT2D eigenvalue weighted by Gasteiger charge is -2.38. The van der Waals surface area contributed by atoms with Crippen molar-refractivity contribution in [1.29, 1.82) is 0 Å². The van der Waals surface area contributed by atoms with E-state index in [1.807, 2.05) is 41.3 Å². The highest BCUT2D eigenvalue weighted by Crippen LogP contribution is 2.40. The monoisotopic (exact) mass is 493 g/mol. The summed E-state index contributed by atoms with van der Waals surface area (Å²) in [4.78, 5) is 15.7. The number of para-hydroxylation sites is 1. The van der Waals surface area contributed by atoms with Gasteiger partial charge in [0.15, 0.2) is 23.0 Å². The summed E-state index contributed by atoms with van der Waals surface area (Å²) in [6.07, 6.45) is 0.659. The fraction of sp³-hybridized carbons (Fsp3) is 0.321. The summed E-state index contributed by atoms with van der Waals surface area (Å²) in [6, 6.07) is 16.2. The molecule has 36 heavy (non-hydrogen) atoms. The van der Waals surface area contributed by atoms with E-state index in [1.165, 1.54) is 7.11 Å². The van der Waals surface area contributed by atoms with Crippen LogP contribution in [0.4, 0.5) is 0 Å². The van der Waals surface area contributed by atoms with E-state index < -0.39 is 0 Å². The Hall–Kier alpha value is -4.07. The first-order valence-corrected chi connectivity index (χ1v) is 11.6.